The number of aromatic nitrogens is 3. The van der Waals surface area contributed by atoms with Crippen LogP contribution < -0.4 is 16.1 Å². The predicted octanol–water partition coefficient (Wildman–Crippen LogP) is 3.01. The number of anilines is 3. The Balaban J connectivity index is 2.03. The van der Waals surface area contributed by atoms with Crippen LogP contribution in [-0.2, 0) is 11.3 Å². The maximum Gasteiger partial charge on any atom is 0.229 e. The third-order valence-corrected chi connectivity index (χ3v) is 4.76. The molecule has 0 amide bonds. The zero-order valence-electron chi connectivity index (χ0n) is 16.0. The largest absolute Gasteiger partial charge is 0.371 e. The third kappa shape index (κ3) is 3.54. The van der Waals surface area contributed by atoms with Crippen LogP contribution in [0.4, 0.5) is 21.7 Å². The number of hydrogen-bond acceptors (Lipinski definition) is 7. The van der Waals surface area contributed by atoms with Crippen molar-refractivity contribution in [3.05, 3.63) is 53.6 Å². The Morgan fingerprint density at radius 1 is 1.54 bits per heavy atom. The Morgan fingerprint density at radius 3 is 2.96 bits per heavy atom. The summed E-state index contributed by atoms with van der Waals surface area (Å²) < 4.78 is 22.1. The molecule has 2 heterocycles. The van der Waals surface area contributed by atoms with Gasteiger partial charge < -0.3 is 15.8 Å². The minimum absolute atomic E-state index is 0.0785. The van der Waals surface area contributed by atoms with E-state index in [1.54, 1.807) is 19.1 Å². The van der Waals surface area contributed by atoms with Crippen LogP contribution in [0.1, 0.15) is 24.4 Å². The lowest BCUT2D eigenvalue weighted by Gasteiger charge is -2.27. The maximum atomic E-state index is 14.5. The first-order valence-corrected chi connectivity index (χ1v) is 8.85. The van der Waals surface area contributed by atoms with E-state index >= 15 is 0 Å². The molecule has 0 radical (unpaired) electrons. The van der Waals surface area contributed by atoms with Crippen molar-refractivity contribution in [1.29, 1.82) is 0 Å². The quantitative estimate of drug-likeness (QED) is 0.329. The van der Waals surface area contributed by atoms with Gasteiger partial charge in [-0.25, -0.2) is 4.39 Å². The molecule has 0 aliphatic carbocycles. The summed E-state index contributed by atoms with van der Waals surface area (Å²) in [4.78, 5) is 0. The van der Waals surface area contributed by atoms with Crippen LogP contribution in [-0.4, -0.2) is 34.8 Å². The molecule has 1 aromatic carbocycles. The van der Waals surface area contributed by atoms with Gasteiger partial charge in [0.15, 0.2) is 5.82 Å². The topological polar surface area (TPSA) is 93.6 Å². The summed E-state index contributed by atoms with van der Waals surface area (Å²) in [6.45, 7) is 11.9. The van der Waals surface area contributed by atoms with Crippen LogP contribution in [0.2, 0.25) is 0 Å². The van der Waals surface area contributed by atoms with Crippen molar-refractivity contribution < 1.29 is 9.13 Å². The fraction of sp³-hybridized carbons (Fsp3) is 0.316. The molecule has 3 rings (SSSR count). The van der Waals surface area contributed by atoms with Gasteiger partial charge in [-0.3, -0.25) is 9.58 Å². The van der Waals surface area contributed by atoms with Gasteiger partial charge >= 0.3 is 0 Å². The molecule has 2 aromatic rings. The molecule has 1 unspecified atom stereocenters. The zero-order valence-corrected chi connectivity index (χ0v) is 16.0. The lowest BCUT2D eigenvalue weighted by atomic mass is 10.1. The molecule has 0 fully saturated rings. The van der Waals surface area contributed by atoms with Gasteiger partial charge in [0.1, 0.15) is 12.4 Å². The fourth-order valence-electron chi connectivity index (χ4n) is 3.17. The second-order valence-corrected chi connectivity index (χ2v) is 6.28. The first kappa shape index (κ1) is 19.7. The number of hydrogen-bond donors (Lipinski definition) is 2. The van der Waals surface area contributed by atoms with Gasteiger partial charge in [-0.1, -0.05) is 18.7 Å². The molecule has 9 heteroatoms. The molecule has 0 saturated heterocycles. The van der Waals surface area contributed by atoms with Gasteiger partial charge in [0.05, 0.1) is 25.0 Å². The molecule has 1 aromatic heterocycles. The van der Waals surface area contributed by atoms with Gasteiger partial charge in [-0.15, -0.1) is 10.2 Å². The molecule has 0 spiro atoms. The summed E-state index contributed by atoms with van der Waals surface area (Å²) in [7, 11) is 0. The number of benzene rings is 1. The van der Waals surface area contributed by atoms with E-state index in [0.717, 1.165) is 5.57 Å². The van der Waals surface area contributed by atoms with E-state index in [0.29, 0.717) is 41.9 Å². The third-order valence-electron chi connectivity index (χ3n) is 4.76. The normalized spacial score (nSPS) is 16.4. The van der Waals surface area contributed by atoms with Gasteiger partial charge in [0.2, 0.25) is 5.95 Å². The van der Waals surface area contributed by atoms with Crippen molar-refractivity contribution in [3.63, 3.8) is 0 Å². The SMILES string of the molecule is C=CC(=CC)C1COCc2nnc(Nc3cc(N(CN)N=C)cc(F)c3C)n21. The molecular formula is C19H24FN7O. The van der Waals surface area contributed by atoms with E-state index in [4.69, 9.17) is 10.5 Å². The summed E-state index contributed by atoms with van der Waals surface area (Å²) in [5, 5.41) is 16.9. The lowest BCUT2D eigenvalue weighted by molar-refractivity contribution is 0.0668. The molecule has 1 atom stereocenters. The van der Waals surface area contributed by atoms with E-state index in [-0.39, 0.29) is 18.5 Å². The number of fused-ring (bicyclic) bond motifs is 1. The molecule has 28 heavy (non-hydrogen) atoms. The number of nitrogens with one attached hydrogen (secondary N) is 1. The number of hydrazone groups is 1. The second kappa shape index (κ2) is 8.32. The summed E-state index contributed by atoms with van der Waals surface area (Å²) in [5.74, 6) is 0.793. The van der Waals surface area contributed by atoms with Crippen LogP contribution in [0.15, 0.2) is 41.5 Å². The Bertz CT molecular complexity index is 921. The maximum absolute atomic E-state index is 14.5. The number of nitrogens with two attached hydrogens (primary N) is 1. The summed E-state index contributed by atoms with van der Waals surface area (Å²) in [5.41, 5.74) is 8.12. The standard InChI is InChI=1S/C19H24FN7O/c1-5-13(6-2)17-9-28-10-18-24-25-19(27(17)18)23-16-8-14(26(11-21)22-4)7-15(20)12(16)3/h5-8,17H,1,4,9-11,21H2,2-3H3,(H,23,25). The molecule has 8 nitrogen and oxygen atoms in total. The summed E-state index contributed by atoms with van der Waals surface area (Å²) >= 11 is 0. The predicted molar refractivity (Wildman–Crippen MR) is 108 cm³/mol. The highest BCUT2D eigenvalue weighted by atomic mass is 19.1. The molecule has 148 valence electrons. The molecule has 1 aliphatic heterocycles. The van der Waals surface area contributed by atoms with Crippen LogP contribution in [0.3, 0.4) is 0 Å². The Kier molecular flexibility index (Phi) is 5.86. The van der Waals surface area contributed by atoms with Crippen molar-refractivity contribution >= 4 is 24.0 Å². The van der Waals surface area contributed by atoms with Crippen LogP contribution in [0, 0.1) is 12.7 Å². The van der Waals surface area contributed by atoms with E-state index in [9.17, 15) is 4.39 Å². The molecular weight excluding hydrogens is 361 g/mol. The van der Waals surface area contributed by atoms with E-state index in [1.165, 1.54) is 11.1 Å². The van der Waals surface area contributed by atoms with Gasteiger partial charge in [0.25, 0.3) is 0 Å². The minimum atomic E-state index is -0.388. The molecule has 0 saturated carbocycles. The molecule has 1 aliphatic rings. The van der Waals surface area contributed by atoms with Crippen molar-refractivity contribution in [3.8, 4) is 0 Å². The Labute approximate surface area is 163 Å². The van der Waals surface area contributed by atoms with E-state index in [1.807, 2.05) is 17.6 Å². The Hall–Kier alpha value is -3.04. The first-order chi connectivity index (χ1) is 13.5. The highest BCUT2D eigenvalue weighted by molar-refractivity contribution is 5.67. The zero-order chi connectivity index (χ0) is 20.3. The van der Waals surface area contributed by atoms with Crippen molar-refractivity contribution in [2.24, 2.45) is 10.8 Å². The van der Waals surface area contributed by atoms with Crippen LogP contribution >= 0.6 is 0 Å². The van der Waals surface area contributed by atoms with Crippen LogP contribution in [0.25, 0.3) is 0 Å². The van der Waals surface area contributed by atoms with E-state index < -0.39 is 0 Å². The first-order valence-electron chi connectivity index (χ1n) is 8.85. The van der Waals surface area contributed by atoms with Crippen LogP contribution in [0.5, 0.6) is 0 Å². The number of ether oxygens (including phenoxy) is 1. The average Bonchev–Trinajstić information content (AvgIpc) is 3.11. The minimum Gasteiger partial charge on any atom is -0.371 e. The smallest absolute Gasteiger partial charge is 0.229 e. The van der Waals surface area contributed by atoms with Gasteiger partial charge in [0, 0.05) is 18.0 Å². The Morgan fingerprint density at radius 2 is 2.32 bits per heavy atom. The monoisotopic (exact) mass is 385 g/mol. The highest BCUT2D eigenvalue weighted by Crippen LogP contribution is 2.32. The lowest BCUT2D eigenvalue weighted by Crippen LogP contribution is -2.26. The number of allylic oxidation sites excluding steroid dienone is 2. The van der Waals surface area contributed by atoms with E-state index in [2.05, 4.69) is 33.9 Å². The molecule has 3 N–H and O–H groups in total. The summed E-state index contributed by atoms with van der Waals surface area (Å²) in [6, 6.07) is 3.00. The van der Waals surface area contributed by atoms with Gasteiger partial charge in [-0.05, 0) is 31.6 Å². The molecule has 0 bridgehead atoms. The fourth-order valence-corrected chi connectivity index (χ4v) is 3.17. The second-order valence-electron chi connectivity index (χ2n) is 6.28. The average molecular weight is 385 g/mol. The highest BCUT2D eigenvalue weighted by Gasteiger charge is 2.27. The number of rotatable bonds is 7. The van der Waals surface area contributed by atoms with Gasteiger partial charge in [-0.2, -0.15) is 5.10 Å². The number of nitrogens with zero attached hydrogens (tertiary/aromatic N) is 5. The van der Waals surface area contributed by atoms with Crippen molar-refractivity contribution in [2.75, 3.05) is 23.6 Å². The summed E-state index contributed by atoms with van der Waals surface area (Å²) in [6.07, 6.45) is 3.76. The van der Waals surface area contributed by atoms with Crippen molar-refractivity contribution in [1.82, 2.24) is 14.8 Å². The van der Waals surface area contributed by atoms with Crippen molar-refractivity contribution in [2.45, 2.75) is 26.5 Å². The number of halogens is 1.